The summed E-state index contributed by atoms with van der Waals surface area (Å²) < 4.78 is 56.2. The van der Waals surface area contributed by atoms with E-state index in [9.17, 15) is 22.4 Å². The van der Waals surface area contributed by atoms with E-state index in [4.69, 9.17) is 4.74 Å². The number of halogens is 4. The van der Waals surface area contributed by atoms with E-state index in [1.165, 1.54) is 6.07 Å². The molecule has 0 amide bonds. The Kier molecular flexibility index (Phi) is 6.14. The molecule has 0 spiro atoms. The van der Waals surface area contributed by atoms with E-state index in [0.717, 1.165) is 12.1 Å². The van der Waals surface area contributed by atoms with E-state index in [0.29, 0.717) is 6.54 Å². The lowest BCUT2D eigenvalue weighted by atomic mass is 10.0. The average molecular weight is 307 g/mol. The van der Waals surface area contributed by atoms with Gasteiger partial charge in [-0.05, 0) is 31.2 Å². The molecule has 0 saturated carbocycles. The third kappa shape index (κ3) is 5.00. The van der Waals surface area contributed by atoms with Crippen LogP contribution in [0.1, 0.15) is 37.4 Å². The number of hydrogen-bond donors (Lipinski definition) is 1. The number of esters is 1. The van der Waals surface area contributed by atoms with E-state index in [1.807, 2.05) is 0 Å². The van der Waals surface area contributed by atoms with Gasteiger partial charge in [0.15, 0.2) is 0 Å². The van der Waals surface area contributed by atoms with Crippen LogP contribution >= 0.6 is 0 Å². The maximum absolute atomic E-state index is 13.3. The Bertz CT molecular complexity index is 488. The second-order valence-corrected chi connectivity index (χ2v) is 4.36. The minimum atomic E-state index is -4.78. The SMILES string of the molecule is CCNC(CC(=O)OCC)c1ccc(F)c(C(F)(F)F)c1. The molecule has 1 unspecified atom stereocenters. The van der Waals surface area contributed by atoms with Crippen molar-refractivity contribution < 1.29 is 27.1 Å². The van der Waals surface area contributed by atoms with E-state index < -0.39 is 29.6 Å². The lowest BCUT2D eigenvalue weighted by molar-refractivity contribution is -0.143. The molecule has 118 valence electrons. The van der Waals surface area contributed by atoms with Gasteiger partial charge in [-0.15, -0.1) is 0 Å². The van der Waals surface area contributed by atoms with Crippen molar-refractivity contribution >= 4 is 5.97 Å². The van der Waals surface area contributed by atoms with Crippen LogP contribution in [0.5, 0.6) is 0 Å². The summed E-state index contributed by atoms with van der Waals surface area (Å²) >= 11 is 0. The monoisotopic (exact) mass is 307 g/mol. The van der Waals surface area contributed by atoms with Gasteiger partial charge in [0.25, 0.3) is 0 Å². The molecule has 1 aromatic rings. The highest BCUT2D eigenvalue weighted by Gasteiger charge is 2.34. The number of nitrogens with one attached hydrogen (secondary N) is 1. The fourth-order valence-corrected chi connectivity index (χ4v) is 1.92. The Balaban J connectivity index is 3.05. The predicted octanol–water partition coefficient (Wildman–Crippen LogP) is 3.45. The number of alkyl halides is 3. The van der Waals surface area contributed by atoms with Gasteiger partial charge in [-0.2, -0.15) is 13.2 Å². The van der Waals surface area contributed by atoms with Crippen molar-refractivity contribution in [3.8, 4) is 0 Å². The molecular weight excluding hydrogens is 290 g/mol. The molecular formula is C14H17F4NO2. The van der Waals surface area contributed by atoms with Crippen molar-refractivity contribution in [2.45, 2.75) is 32.5 Å². The van der Waals surface area contributed by atoms with Crippen LogP contribution in [0.4, 0.5) is 17.6 Å². The fraction of sp³-hybridized carbons (Fsp3) is 0.500. The van der Waals surface area contributed by atoms with Crippen LogP contribution in [0.2, 0.25) is 0 Å². The highest BCUT2D eigenvalue weighted by atomic mass is 19.4. The zero-order chi connectivity index (χ0) is 16.0. The summed E-state index contributed by atoms with van der Waals surface area (Å²) in [7, 11) is 0. The first kappa shape index (κ1) is 17.4. The summed E-state index contributed by atoms with van der Waals surface area (Å²) in [6, 6.07) is 2.06. The highest BCUT2D eigenvalue weighted by Crippen LogP contribution is 2.33. The van der Waals surface area contributed by atoms with Crippen molar-refractivity contribution in [2.75, 3.05) is 13.2 Å². The van der Waals surface area contributed by atoms with Crippen LogP contribution in [0.15, 0.2) is 18.2 Å². The molecule has 0 bridgehead atoms. The van der Waals surface area contributed by atoms with Crippen LogP contribution in [-0.4, -0.2) is 19.1 Å². The highest BCUT2D eigenvalue weighted by molar-refractivity contribution is 5.70. The first-order chi connectivity index (χ1) is 9.79. The molecule has 0 aromatic heterocycles. The molecule has 3 nitrogen and oxygen atoms in total. The van der Waals surface area contributed by atoms with Gasteiger partial charge in [0.1, 0.15) is 5.82 Å². The number of benzene rings is 1. The Hall–Kier alpha value is -1.63. The van der Waals surface area contributed by atoms with Gasteiger partial charge >= 0.3 is 12.1 Å². The smallest absolute Gasteiger partial charge is 0.419 e. The predicted molar refractivity (Wildman–Crippen MR) is 69.1 cm³/mol. The van der Waals surface area contributed by atoms with E-state index in [2.05, 4.69) is 5.32 Å². The number of ether oxygens (including phenoxy) is 1. The van der Waals surface area contributed by atoms with E-state index >= 15 is 0 Å². The second-order valence-electron chi connectivity index (χ2n) is 4.36. The van der Waals surface area contributed by atoms with Crippen LogP contribution in [0, 0.1) is 5.82 Å². The molecule has 1 atom stereocenters. The molecule has 1 aromatic carbocycles. The number of hydrogen-bond acceptors (Lipinski definition) is 3. The third-order valence-electron chi connectivity index (χ3n) is 2.82. The van der Waals surface area contributed by atoms with Crippen molar-refractivity contribution in [1.82, 2.24) is 5.32 Å². The third-order valence-corrected chi connectivity index (χ3v) is 2.82. The first-order valence-corrected chi connectivity index (χ1v) is 6.55. The Morgan fingerprint density at radius 2 is 2.00 bits per heavy atom. The molecule has 0 aliphatic carbocycles. The minimum Gasteiger partial charge on any atom is -0.466 e. The Morgan fingerprint density at radius 3 is 2.52 bits per heavy atom. The molecule has 1 rings (SSSR count). The summed E-state index contributed by atoms with van der Waals surface area (Å²) in [6.45, 7) is 4.03. The number of carbonyl (C=O) groups excluding carboxylic acids is 1. The van der Waals surface area contributed by atoms with Gasteiger partial charge in [-0.3, -0.25) is 4.79 Å². The summed E-state index contributed by atoms with van der Waals surface area (Å²) in [5, 5.41) is 2.90. The van der Waals surface area contributed by atoms with E-state index in [-0.39, 0.29) is 18.6 Å². The zero-order valence-corrected chi connectivity index (χ0v) is 11.8. The zero-order valence-electron chi connectivity index (χ0n) is 11.8. The number of carbonyl (C=O) groups is 1. The summed E-state index contributed by atoms with van der Waals surface area (Å²) in [4.78, 5) is 11.5. The first-order valence-electron chi connectivity index (χ1n) is 6.55. The Labute approximate surface area is 120 Å². The molecule has 0 aliphatic rings. The van der Waals surface area contributed by atoms with Crippen LogP contribution < -0.4 is 5.32 Å². The van der Waals surface area contributed by atoms with Gasteiger partial charge < -0.3 is 10.1 Å². The maximum Gasteiger partial charge on any atom is 0.419 e. The topological polar surface area (TPSA) is 38.3 Å². The minimum absolute atomic E-state index is 0.120. The van der Waals surface area contributed by atoms with Gasteiger partial charge in [-0.25, -0.2) is 4.39 Å². The van der Waals surface area contributed by atoms with Gasteiger partial charge in [0.05, 0.1) is 18.6 Å². The van der Waals surface area contributed by atoms with Gasteiger partial charge in [-0.1, -0.05) is 13.0 Å². The summed E-state index contributed by atoms with van der Waals surface area (Å²) in [6.07, 6.45) is -4.90. The molecule has 21 heavy (non-hydrogen) atoms. The maximum atomic E-state index is 13.3. The van der Waals surface area contributed by atoms with Crippen LogP contribution in [0.25, 0.3) is 0 Å². The Morgan fingerprint density at radius 1 is 1.33 bits per heavy atom. The van der Waals surface area contributed by atoms with Crippen molar-refractivity contribution in [2.24, 2.45) is 0 Å². The van der Waals surface area contributed by atoms with Gasteiger partial charge in [0.2, 0.25) is 0 Å². The fourth-order valence-electron chi connectivity index (χ4n) is 1.92. The summed E-state index contributed by atoms with van der Waals surface area (Å²) in [5.41, 5.74) is -1.15. The largest absolute Gasteiger partial charge is 0.466 e. The second kappa shape index (κ2) is 7.40. The van der Waals surface area contributed by atoms with Crippen LogP contribution in [-0.2, 0) is 15.7 Å². The lowest BCUT2D eigenvalue weighted by Gasteiger charge is -2.19. The van der Waals surface area contributed by atoms with E-state index in [1.54, 1.807) is 13.8 Å². The number of rotatable bonds is 6. The van der Waals surface area contributed by atoms with Crippen molar-refractivity contribution in [3.63, 3.8) is 0 Å². The average Bonchev–Trinajstić information content (AvgIpc) is 2.37. The molecule has 1 N–H and O–H groups in total. The van der Waals surface area contributed by atoms with Gasteiger partial charge in [0, 0.05) is 6.04 Å². The lowest BCUT2D eigenvalue weighted by Crippen LogP contribution is -2.25. The summed E-state index contributed by atoms with van der Waals surface area (Å²) in [5.74, 6) is -1.86. The molecule has 0 fully saturated rings. The standard InChI is InChI=1S/C14H17F4NO2/c1-3-19-12(8-13(20)21-4-2)9-5-6-11(15)10(7-9)14(16,17)18/h5-7,12,19H,3-4,8H2,1-2H3. The van der Waals surface area contributed by atoms with Crippen molar-refractivity contribution in [3.05, 3.63) is 35.1 Å². The molecule has 7 heteroatoms. The molecule has 0 aliphatic heterocycles. The molecule has 0 radical (unpaired) electrons. The molecule has 0 heterocycles. The normalized spacial score (nSPS) is 13.0. The quantitative estimate of drug-likeness (QED) is 0.646. The van der Waals surface area contributed by atoms with Crippen molar-refractivity contribution in [1.29, 1.82) is 0 Å². The molecule has 0 saturated heterocycles. The van der Waals surface area contributed by atoms with Crippen LogP contribution in [0.3, 0.4) is 0 Å².